The lowest BCUT2D eigenvalue weighted by Crippen LogP contribution is -2.35. The van der Waals surface area contributed by atoms with Gasteiger partial charge in [0, 0.05) is 18.9 Å². The van der Waals surface area contributed by atoms with Gasteiger partial charge in [0.2, 0.25) is 5.91 Å². The van der Waals surface area contributed by atoms with Crippen molar-refractivity contribution in [2.24, 2.45) is 5.41 Å². The Balaban J connectivity index is 1.86. The molecule has 2 N–H and O–H groups in total. The highest BCUT2D eigenvalue weighted by Gasteiger charge is 2.36. The minimum atomic E-state index is -0.316. The maximum Gasteiger partial charge on any atom is 0.231 e. The van der Waals surface area contributed by atoms with E-state index in [1.165, 1.54) is 0 Å². The van der Waals surface area contributed by atoms with Gasteiger partial charge in [-0.25, -0.2) is 0 Å². The van der Waals surface area contributed by atoms with Crippen LogP contribution in [0.2, 0.25) is 0 Å². The van der Waals surface area contributed by atoms with Gasteiger partial charge >= 0.3 is 0 Å². The summed E-state index contributed by atoms with van der Waals surface area (Å²) in [6.45, 7) is 3.66. The standard InChI is InChI=1S/C16H19N3O/c1-16(8-9-17-12-16)15(20)18-13-6-2-3-7-14(13)19-10-4-5-11-19/h2-7,10-11,17H,8-9,12H2,1H3,(H,18,20). The number of carbonyl (C=O) groups excluding carboxylic acids is 1. The second-order valence-electron chi connectivity index (χ2n) is 5.55. The smallest absolute Gasteiger partial charge is 0.231 e. The molecule has 1 aromatic carbocycles. The molecule has 1 amide bonds. The summed E-state index contributed by atoms with van der Waals surface area (Å²) >= 11 is 0. The summed E-state index contributed by atoms with van der Waals surface area (Å²) in [6, 6.07) is 11.8. The maximum absolute atomic E-state index is 12.5. The predicted molar refractivity (Wildman–Crippen MR) is 80.0 cm³/mol. The minimum Gasteiger partial charge on any atom is -0.324 e. The fourth-order valence-electron chi connectivity index (χ4n) is 2.58. The number of benzene rings is 1. The van der Waals surface area contributed by atoms with Crippen LogP contribution < -0.4 is 10.6 Å². The molecule has 0 aliphatic carbocycles. The normalized spacial score (nSPS) is 21.9. The van der Waals surface area contributed by atoms with Gasteiger partial charge in [-0.15, -0.1) is 0 Å². The van der Waals surface area contributed by atoms with E-state index < -0.39 is 0 Å². The van der Waals surface area contributed by atoms with E-state index in [0.29, 0.717) is 0 Å². The van der Waals surface area contributed by atoms with Crippen LogP contribution in [0.15, 0.2) is 48.8 Å². The highest BCUT2D eigenvalue weighted by molar-refractivity contribution is 5.97. The van der Waals surface area contributed by atoms with Gasteiger partial charge in [0.15, 0.2) is 0 Å². The van der Waals surface area contributed by atoms with Gasteiger partial charge in [-0.2, -0.15) is 0 Å². The molecule has 1 aliphatic rings. The second-order valence-corrected chi connectivity index (χ2v) is 5.55. The average Bonchev–Trinajstić information content (AvgIpc) is 3.11. The molecule has 4 heteroatoms. The Kier molecular flexibility index (Phi) is 3.32. The third-order valence-electron chi connectivity index (χ3n) is 3.95. The van der Waals surface area contributed by atoms with E-state index in [4.69, 9.17) is 0 Å². The number of hydrogen-bond donors (Lipinski definition) is 2. The Morgan fingerprint density at radius 2 is 2.00 bits per heavy atom. The van der Waals surface area contributed by atoms with E-state index in [9.17, 15) is 4.79 Å². The van der Waals surface area contributed by atoms with Crippen LogP contribution in [-0.2, 0) is 4.79 Å². The van der Waals surface area contributed by atoms with Gasteiger partial charge in [0.25, 0.3) is 0 Å². The van der Waals surface area contributed by atoms with Crippen LogP contribution in [0.1, 0.15) is 13.3 Å². The quantitative estimate of drug-likeness (QED) is 0.899. The molecule has 1 fully saturated rings. The summed E-state index contributed by atoms with van der Waals surface area (Å²) in [5, 5.41) is 6.34. The lowest BCUT2D eigenvalue weighted by Gasteiger charge is -2.22. The molecule has 1 unspecified atom stereocenters. The van der Waals surface area contributed by atoms with Crippen LogP contribution in [0.5, 0.6) is 0 Å². The van der Waals surface area contributed by atoms with Crippen molar-refractivity contribution in [3.8, 4) is 5.69 Å². The number of hydrogen-bond acceptors (Lipinski definition) is 2. The highest BCUT2D eigenvalue weighted by Crippen LogP contribution is 2.28. The van der Waals surface area contributed by atoms with Crippen LogP contribution in [-0.4, -0.2) is 23.6 Å². The number of rotatable bonds is 3. The number of amides is 1. The third-order valence-corrected chi connectivity index (χ3v) is 3.95. The molecule has 0 saturated carbocycles. The van der Waals surface area contributed by atoms with Crippen LogP contribution >= 0.6 is 0 Å². The van der Waals surface area contributed by atoms with Crippen molar-refractivity contribution < 1.29 is 4.79 Å². The lowest BCUT2D eigenvalue weighted by atomic mass is 9.88. The molecule has 3 rings (SSSR count). The summed E-state index contributed by atoms with van der Waals surface area (Å²) in [6.07, 6.45) is 4.83. The van der Waals surface area contributed by atoms with E-state index in [0.717, 1.165) is 30.9 Å². The largest absolute Gasteiger partial charge is 0.324 e. The summed E-state index contributed by atoms with van der Waals surface area (Å²) in [7, 11) is 0. The first-order valence-electron chi connectivity index (χ1n) is 6.94. The molecule has 1 atom stereocenters. The molecular formula is C16H19N3O. The second kappa shape index (κ2) is 5.13. The van der Waals surface area contributed by atoms with Crippen LogP contribution in [0, 0.1) is 5.41 Å². The van der Waals surface area contributed by atoms with Crippen LogP contribution in [0.4, 0.5) is 5.69 Å². The summed E-state index contributed by atoms with van der Waals surface area (Å²) in [5.74, 6) is 0.0853. The van der Waals surface area contributed by atoms with Crippen LogP contribution in [0.3, 0.4) is 0 Å². The maximum atomic E-state index is 12.5. The van der Waals surface area contributed by atoms with Crippen molar-refractivity contribution in [3.63, 3.8) is 0 Å². The number of carbonyl (C=O) groups is 1. The molecule has 4 nitrogen and oxygen atoms in total. The first-order chi connectivity index (χ1) is 9.69. The van der Waals surface area contributed by atoms with Crippen molar-refractivity contribution in [1.82, 2.24) is 9.88 Å². The number of nitrogens with one attached hydrogen (secondary N) is 2. The van der Waals surface area contributed by atoms with Crippen molar-refractivity contribution in [1.29, 1.82) is 0 Å². The first-order valence-corrected chi connectivity index (χ1v) is 6.94. The van der Waals surface area contributed by atoms with E-state index in [-0.39, 0.29) is 11.3 Å². The van der Waals surface area contributed by atoms with E-state index in [1.807, 2.05) is 60.3 Å². The zero-order valence-electron chi connectivity index (χ0n) is 11.6. The van der Waals surface area contributed by atoms with Crippen molar-refractivity contribution in [2.75, 3.05) is 18.4 Å². The van der Waals surface area contributed by atoms with Gasteiger partial charge in [-0.1, -0.05) is 12.1 Å². The average molecular weight is 269 g/mol. The van der Waals surface area contributed by atoms with Gasteiger partial charge in [-0.05, 0) is 44.2 Å². The Bertz CT molecular complexity index is 598. The SMILES string of the molecule is CC1(C(=O)Nc2ccccc2-n2cccc2)CCNC1. The Labute approximate surface area is 118 Å². The van der Waals surface area contributed by atoms with Crippen LogP contribution in [0.25, 0.3) is 5.69 Å². The topological polar surface area (TPSA) is 46.1 Å². The van der Waals surface area contributed by atoms with Crippen molar-refractivity contribution in [2.45, 2.75) is 13.3 Å². The summed E-state index contributed by atoms with van der Waals surface area (Å²) in [5.41, 5.74) is 1.52. The molecule has 1 saturated heterocycles. The highest BCUT2D eigenvalue weighted by atomic mass is 16.2. The monoisotopic (exact) mass is 269 g/mol. The molecule has 1 aromatic heterocycles. The third kappa shape index (κ3) is 2.34. The molecule has 104 valence electrons. The fraction of sp³-hybridized carbons (Fsp3) is 0.312. The Morgan fingerprint density at radius 3 is 2.70 bits per heavy atom. The Hall–Kier alpha value is -2.07. The zero-order valence-corrected chi connectivity index (χ0v) is 11.6. The van der Waals surface area contributed by atoms with E-state index in [1.54, 1.807) is 0 Å². The zero-order chi connectivity index (χ0) is 14.0. The summed E-state index contributed by atoms with van der Waals surface area (Å²) < 4.78 is 2.00. The van der Waals surface area contributed by atoms with Gasteiger partial charge in [0.05, 0.1) is 16.8 Å². The molecule has 0 spiro atoms. The molecule has 2 aromatic rings. The Morgan fingerprint density at radius 1 is 1.25 bits per heavy atom. The number of para-hydroxylation sites is 2. The first kappa shape index (κ1) is 12.9. The number of anilines is 1. The van der Waals surface area contributed by atoms with Crippen molar-refractivity contribution in [3.05, 3.63) is 48.8 Å². The van der Waals surface area contributed by atoms with Gasteiger partial charge in [-0.3, -0.25) is 4.79 Å². The molecule has 2 heterocycles. The van der Waals surface area contributed by atoms with E-state index >= 15 is 0 Å². The predicted octanol–water partition coefficient (Wildman–Crippen LogP) is 2.42. The molecular weight excluding hydrogens is 250 g/mol. The van der Waals surface area contributed by atoms with E-state index in [2.05, 4.69) is 10.6 Å². The molecule has 20 heavy (non-hydrogen) atoms. The van der Waals surface area contributed by atoms with Crippen molar-refractivity contribution >= 4 is 11.6 Å². The number of nitrogens with zero attached hydrogens (tertiary/aromatic N) is 1. The fourth-order valence-corrected chi connectivity index (χ4v) is 2.58. The molecule has 1 aliphatic heterocycles. The lowest BCUT2D eigenvalue weighted by molar-refractivity contribution is -0.123. The molecule has 0 bridgehead atoms. The molecule has 0 radical (unpaired) electrons. The van der Waals surface area contributed by atoms with Gasteiger partial charge < -0.3 is 15.2 Å². The minimum absolute atomic E-state index is 0.0853. The summed E-state index contributed by atoms with van der Waals surface area (Å²) in [4.78, 5) is 12.5. The number of aromatic nitrogens is 1. The van der Waals surface area contributed by atoms with Gasteiger partial charge in [0.1, 0.15) is 0 Å².